The average Bonchev–Trinajstić information content (AvgIpc) is 3.14. The van der Waals surface area contributed by atoms with Crippen LogP contribution in [0.2, 0.25) is 0 Å². The highest BCUT2D eigenvalue weighted by atomic mass is 16.5. The van der Waals surface area contributed by atoms with E-state index in [9.17, 15) is 4.79 Å². The molecule has 2 heterocycles. The van der Waals surface area contributed by atoms with Crippen LogP contribution in [0.1, 0.15) is 29.3 Å². The molecule has 33 heavy (non-hydrogen) atoms. The summed E-state index contributed by atoms with van der Waals surface area (Å²) in [7, 11) is 1.62. The summed E-state index contributed by atoms with van der Waals surface area (Å²) in [6, 6.07) is 3.99. The first kappa shape index (κ1) is 23.5. The van der Waals surface area contributed by atoms with Crippen molar-refractivity contribution in [2.75, 3.05) is 13.7 Å². The minimum absolute atomic E-state index is 0.382. The number of carbonyl (C=O) groups is 1. The number of carbonyl (C=O) groups excluding carboxylic acids is 1. The fourth-order valence-electron chi connectivity index (χ4n) is 3.73. The summed E-state index contributed by atoms with van der Waals surface area (Å²) < 4.78 is 7.36. The van der Waals surface area contributed by atoms with Crippen molar-refractivity contribution in [1.29, 1.82) is 0 Å². The number of aliphatic imine (C=N–C) groups is 2. The highest BCUT2D eigenvalue weighted by molar-refractivity contribution is 5.98. The number of aryl methyl sites for hydroxylation is 1. The third kappa shape index (κ3) is 4.55. The number of nitrogens with two attached hydrogens (primary N) is 1. The van der Waals surface area contributed by atoms with Gasteiger partial charge in [-0.2, -0.15) is 9.78 Å². The van der Waals surface area contributed by atoms with E-state index < -0.39 is 5.91 Å². The molecule has 0 bridgehead atoms. The second-order valence-corrected chi connectivity index (χ2v) is 7.36. The number of hydrogen-bond acceptors (Lipinski definition) is 5. The van der Waals surface area contributed by atoms with Gasteiger partial charge < -0.3 is 15.8 Å². The number of hydrogen-bond donors (Lipinski definition) is 2. The first-order valence-electron chi connectivity index (χ1n) is 10.4. The van der Waals surface area contributed by atoms with Gasteiger partial charge in [0, 0.05) is 41.8 Å². The molecule has 1 amide bonds. The Labute approximate surface area is 193 Å². The van der Waals surface area contributed by atoms with Crippen LogP contribution in [-0.2, 0) is 4.79 Å². The Morgan fingerprint density at radius 2 is 2.06 bits per heavy atom. The number of ether oxygens (including phenoxy) is 1. The molecule has 0 saturated heterocycles. The Hall–Kier alpha value is -4.20. The molecule has 0 fully saturated rings. The molecule has 0 unspecified atom stereocenters. The van der Waals surface area contributed by atoms with Crippen molar-refractivity contribution >= 4 is 29.7 Å². The second kappa shape index (κ2) is 9.95. The van der Waals surface area contributed by atoms with Gasteiger partial charge in [-0.1, -0.05) is 13.2 Å². The lowest BCUT2D eigenvalue weighted by molar-refractivity contribution is -0.114. The van der Waals surface area contributed by atoms with Crippen LogP contribution in [0.15, 0.2) is 59.3 Å². The van der Waals surface area contributed by atoms with Crippen LogP contribution in [0.5, 0.6) is 5.75 Å². The van der Waals surface area contributed by atoms with E-state index in [1.54, 1.807) is 36.4 Å². The lowest BCUT2D eigenvalue weighted by atomic mass is 9.93. The maximum absolute atomic E-state index is 11.7. The molecule has 0 atom stereocenters. The van der Waals surface area contributed by atoms with Gasteiger partial charge in [0.15, 0.2) is 0 Å². The minimum atomic E-state index is -0.502. The minimum Gasteiger partial charge on any atom is -0.496 e. The predicted molar refractivity (Wildman–Crippen MR) is 134 cm³/mol. The number of amides is 1. The predicted octanol–water partition coefficient (Wildman–Crippen LogP) is 3.61. The van der Waals surface area contributed by atoms with Crippen LogP contribution >= 0.6 is 0 Å². The van der Waals surface area contributed by atoms with E-state index in [1.165, 1.54) is 6.20 Å². The van der Waals surface area contributed by atoms with Crippen LogP contribution < -0.4 is 15.8 Å². The lowest BCUT2D eigenvalue weighted by Crippen LogP contribution is -2.22. The van der Waals surface area contributed by atoms with Crippen molar-refractivity contribution in [3.63, 3.8) is 0 Å². The molecular weight excluding hydrogens is 416 g/mol. The number of dihydropyridines is 1. The lowest BCUT2D eigenvalue weighted by Gasteiger charge is -2.20. The van der Waals surface area contributed by atoms with Crippen molar-refractivity contribution in [3.8, 4) is 17.0 Å². The summed E-state index contributed by atoms with van der Waals surface area (Å²) >= 11 is 0. The van der Waals surface area contributed by atoms with Crippen LogP contribution in [0.25, 0.3) is 22.9 Å². The first-order valence-corrected chi connectivity index (χ1v) is 10.4. The first-order chi connectivity index (χ1) is 15.9. The molecule has 3 N–H and O–H groups in total. The largest absolute Gasteiger partial charge is 0.496 e. The van der Waals surface area contributed by atoms with Crippen LogP contribution in [0.3, 0.4) is 0 Å². The number of primary amides is 1. The van der Waals surface area contributed by atoms with E-state index in [2.05, 4.69) is 33.6 Å². The standard InChI is InChI=1S/C25H28N6O2/c1-7-21-16(5)23(31(30-21)25(28-8-2)29-9-3)19-12-20(22(33-6)10-15(19)4)17-11-18(24(26)32)14-27-13-17/h7-12,14,27H,1-2,13H2,3-6H3,(H2,26,32)/b28-25?,29-9-. The number of rotatable bonds is 6. The number of aromatic nitrogens is 2. The molecule has 0 spiro atoms. The zero-order chi connectivity index (χ0) is 24.1. The van der Waals surface area contributed by atoms with E-state index >= 15 is 0 Å². The van der Waals surface area contributed by atoms with E-state index in [0.717, 1.165) is 39.2 Å². The smallest absolute Gasteiger partial charge is 0.250 e. The van der Waals surface area contributed by atoms with Gasteiger partial charge in [-0.25, -0.2) is 9.98 Å². The molecular formula is C25H28N6O2. The summed E-state index contributed by atoms with van der Waals surface area (Å²) in [4.78, 5) is 20.4. The average molecular weight is 445 g/mol. The van der Waals surface area contributed by atoms with Crippen molar-refractivity contribution in [2.45, 2.75) is 20.8 Å². The van der Waals surface area contributed by atoms with Gasteiger partial charge in [-0.15, -0.1) is 0 Å². The van der Waals surface area contributed by atoms with Crippen LogP contribution in [-0.4, -0.2) is 41.5 Å². The molecule has 1 aliphatic heterocycles. The fourth-order valence-corrected chi connectivity index (χ4v) is 3.73. The van der Waals surface area contributed by atoms with E-state index in [0.29, 0.717) is 23.8 Å². The molecule has 2 aromatic rings. The van der Waals surface area contributed by atoms with Gasteiger partial charge in [-0.3, -0.25) is 4.79 Å². The van der Waals surface area contributed by atoms with Gasteiger partial charge in [-0.05, 0) is 56.2 Å². The Kier molecular flexibility index (Phi) is 7.07. The molecule has 3 rings (SSSR count). The van der Waals surface area contributed by atoms with Crippen LogP contribution in [0, 0.1) is 13.8 Å². The highest BCUT2D eigenvalue weighted by Crippen LogP contribution is 2.37. The normalized spacial score (nSPS) is 13.9. The fraction of sp³-hybridized carbons (Fsp3) is 0.200. The Balaban J connectivity index is 2.32. The second-order valence-electron chi connectivity index (χ2n) is 7.36. The summed E-state index contributed by atoms with van der Waals surface area (Å²) in [5.74, 6) is 0.570. The highest BCUT2D eigenvalue weighted by Gasteiger charge is 2.23. The Bertz CT molecular complexity index is 1240. The third-order valence-electron chi connectivity index (χ3n) is 5.30. The quantitative estimate of drug-likeness (QED) is 0.524. The zero-order valence-electron chi connectivity index (χ0n) is 19.3. The van der Waals surface area contributed by atoms with E-state index in [-0.39, 0.29) is 0 Å². The van der Waals surface area contributed by atoms with Gasteiger partial charge in [0.05, 0.1) is 24.1 Å². The molecule has 1 aromatic carbocycles. The number of methoxy groups -OCH3 is 1. The summed E-state index contributed by atoms with van der Waals surface area (Å²) in [5.41, 5.74) is 12.0. The summed E-state index contributed by atoms with van der Waals surface area (Å²) in [6.45, 7) is 13.9. The van der Waals surface area contributed by atoms with Crippen LogP contribution in [0.4, 0.5) is 0 Å². The monoisotopic (exact) mass is 444 g/mol. The molecule has 1 aliphatic rings. The maximum Gasteiger partial charge on any atom is 0.250 e. The molecule has 0 saturated carbocycles. The number of nitrogens with one attached hydrogen (secondary N) is 1. The van der Waals surface area contributed by atoms with Gasteiger partial charge in [0.2, 0.25) is 5.91 Å². The van der Waals surface area contributed by atoms with E-state index in [1.807, 2.05) is 32.9 Å². The number of benzene rings is 1. The van der Waals surface area contributed by atoms with E-state index in [4.69, 9.17) is 10.5 Å². The van der Waals surface area contributed by atoms with Gasteiger partial charge >= 0.3 is 0 Å². The van der Waals surface area contributed by atoms with Crippen molar-refractivity contribution in [2.24, 2.45) is 15.7 Å². The molecule has 1 aromatic heterocycles. The maximum atomic E-state index is 11.7. The van der Waals surface area contributed by atoms with Crippen molar-refractivity contribution in [1.82, 2.24) is 15.1 Å². The number of nitrogens with zero attached hydrogens (tertiary/aromatic N) is 4. The SMILES string of the molecule is C=CN=C(/N=C\C)n1nc(C=C)c(C)c1-c1cc(C2=CC(C(N)=O)=CNC2)c(OC)cc1C. The van der Waals surface area contributed by atoms with Gasteiger partial charge in [0.25, 0.3) is 5.96 Å². The summed E-state index contributed by atoms with van der Waals surface area (Å²) in [6.07, 6.45) is 8.18. The molecule has 0 aliphatic carbocycles. The van der Waals surface area contributed by atoms with Crippen molar-refractivity contribution < 1.29 is 9.53 Å². The Morgan fingerprint density at radius 3 is 2.67 bits per heavy atom. The molecule has 8 heteroatoms. The third-order valence-corrected chi connectivity index (χ3v) is 5.30. The topological polar surface area (TPSA) is 107 Å². The summed E-state index contributed by atoms with van der Waals surface area (Å²) in [5, 5.41) is 7.79. The Morgan fingerprint density at radius 1 is 1.30 bits per heavy atom. The molecule has 8 nitrogen and oxygen atoms in total. The zero-order valence-corrected chi connectivity index (χ0v) is 19.3. The van der Waals surface area contributed by atoms with Crippen molar-refractivity contribution in [3.05, 3.63) is 71.7 Å². The molecule has 170 valence electrons. The van der Waals surface area contributed by atoms with Gasteiger partial charge in [0.1, 0.15) is 5.75 Å². The molecule has 0 radical (unpaired) electrons.